The van der Waals surface area contributed by atoms with Gasteiger partial charge in [-0.1, -0.05) is 52.6 Å². The summed E-state index contributed by atoms with van der Waals surface area (Å²) in [5.74, 6) is 2.23. The Bertz CT molecular complexity index is 438. The number of nitrogens with zero attached hydrogens (tertiary/aromatic N) is 2. The van der Waals surface area contributed by atoms with Crippen molar-refractivity contribution in [2.45, 2.75) is 66.3 Å². The first-order chi connectivity index (χ1) is 8.66. The first kappa shape index (κ1) is 16.2. The molecule has 1 rings (SSSR count). The predicted octanol–water partition coefficient (Wildman–Crippen LogP) is 4.58. The molecule has 0 aliphatic rings. The van der Waals surface area contributed by atoms with Crippen molar-refractivity contribution < 1.29 is 0 Å². The molecule has 0 saturated heterocycles. The molecule has 3 nitrogen and oxygen atoms in total. The second kappa shape index (κ2) is 6.08. The highest BCUT2D eigenvalue weighted by molar-refractivity contribution is 6.30. The summed E-state index contributed by atoms with van der Waals surface area (Å²) >= 11 is 6.23. The minimum Gasteiger partial charge on any atom is -0.367 e. The molecular formula is C15H26ClN3. The average molecular weight is 284 g/mol. The number of aromatic nitrogens is 2. The molecule has 0 spiro atoms. The molecule has 1 N–H and O–H groups in total. The summed E-state index contributed by atoms with van der Waals surface area (Å²) in [4.78, 5) is 9.05. The van der Waals surface area contributed by atoms with Crippen LogP contribution in [0.25, 0.3) is 0 Å². The van der Waals surface area contributed by atoms with Gasteiger partial charge in [0.2, 0.25) is 0 Å². The van der Waals surface area contributed by atoms with Gasteiger partial charge in [-0.05, 0) is 19.8 Å². The van der Waals surface area contributed by atoms with E-state index < -0.39 is 0 Å². The van der Waals surface area contributed by atoms with E-state index in [1.54, 1.807) is 0 Å². The summed E-state index contributed by atoms with van der Waals surface area (Å²) in [7, 11) is 0. The Kier molecular flexibility index (Phi) is 5.19. The van der Waals surface area contributed by atoms with E-state index in [-0.39, 0.29) is 5.41 Å². The lowest BCUT2D eigenvalue weighted by Crippen LogP contribution is -2.26. The number of hydrogen-bond donors (Lipinski definition) is 1. The zero-order valence-corrected chi connectivity index (χ0v) is 13.9. The Morgan fingerprint density at radius 1 is 1.21 bits per heavy atom. The van der Waals surface area contributed by atoms with Gasteiger partial charge in [-0.25, -0.2) is 9.97 Å². The van der Waals surface area contributed by atoms with Gasteiger partial charge in [-0.15, -0.1) is 0 Å². The minimum atomic E-state index is -0.104. The third-order valence-electron chi connectivity index (χ3n) is 3.62. The van der Waals surface area contributed by atoms with Crippen LogP contribution in [0.15, 0.2) is 0 Å². The first-order valence-corrected chi connectivity index (χ1v) is 7.35. The third kappa shape index (κ3) is 4.07. The highest BCUT2D eigenvalue weighted by Gasteiger charge is 2.21. The average Bonchev–Trinajstić information content (AvgIpc) is 2.32. The molecule has 0 radical (unpaired) electrons. The maximum absolute atomic E-state index is 6.23. The van der Waals surface area contributed by atoms with Crippen LogP contribution in [0.5, 0.6) is 0 Å². The van der Waals surface area contributed by atoms with Crippen molar-refractivity contribution in [2.24, 2.45) is 5.92 Å². The van der Waals surface area contributed by atoms with Gasteiger partial charge in [-0.3, -0.25) is 0 Å². The molecule has 4 heteroatoms. The van der Waals surface area contributed by atoms with E-state index in [0.29, 0.717) is 17.1 Å². The molecule has 108 valence electrons. The molecule has 0 aliphatic heterocycles. The maximum atomic E-state index is 6.23. The molecule has 2 atom stereocenters. The number of halogens is 1. The van der Waals surface area contributed by atoms with Crippen molar-refractivity contribution >= 4 is 17.4 Å². The van der Waals surface area contributed by atoms with Crippen molar-refractivity contribution in [1.82, 2.24) is 9.97 Å². The third-order valence-corrected chi connectivity index (χ3v) is 3.99. The summed E-state index contributed by atoms with van der Waals surface area (Å²) in [5.41, 5.74) is 0.817. The molecule has 1 aromatic heterocycles. The Morgan fingerprint density at radius 2 is 1.79 bits per heavy atom. The van der Waals surface area contributed by atoms with Crippen LogP contribution < -0.4 is 5.32 Å². The monoisotopic (exact) mass is 283 g/mol. The molecule has 0 bridgehead atoms. The number of anilines is 1. The van der Waals surface area contributed by atoms with Crippen LogP contribution in [0.3, 0.4) is 0 Å². The molecule has 0 aliphatic carbocycles. The Morgan fingerprint density at radius 3 is 2.26 bits per heavy atom. The van der Waals surface area contributed by atoms with Gasteiger partial charge in [-0.2, -0.15) is 0 Å². The van der Waals surface area contributed by atoms with Crippen LogP contribution in [0.4, 0.5) is 5.82 Å². The zero-order valence-electron chi connectivity index (χ0n) is 13.1. The van der Waals surface area contributed by atoms with E-state index in [1.165, 1.54) is 0 Å². The summed E-state index contributed by atoms with van der Waals surface area (Å²) in [6, 6.07) is 0.363. The second-order valence-corrected chi connectivity index (χ2v) is 6.74. The predicted molar refractivity (Wildman–Crippen MR) is 83.0 cm³/mol. The van der Waals surface area contributed by atoms with E-state index in [2.05, 4.69) is 56.8 Å². The van der Waals surface area contributed by atoms with Crippen LogP contribution in [0, 0.1) is 12.8 Å². The smallest absolute Gasteiger partial charge is 0.137 e. The van der Waals surface area contributed by atoms with Crippen molar-refractivity contribution in [3.63, 3.8) is 0 Å². The largest absolute Gasteiger partial charge is 0.367 e. The molecular weight excluding hydrogens is 258 g/mol. The van der Waals surface area contributed by atoms with Gasteiger partial charge >= 0.3 is 0 Å². The van der Waals surface area contributed by atoms with Gasteiger partial charge < -0.3 is 5.32 Å². The molecule has 0 amide bonds. The van der Waals surface area contributed by atoms with Gasteiger partial charge in [0.1, 0.15) is 16.8 Å². The molecule has 0 saturated carbocycles. The zero-order chi connectivity index (χ0) is 14.8. The Hall–Kier alpha value is -0.830. The lowest BCUT2D eigenvalue weighted by Gasteiger charge is -2.24. The molecule has 1 heterocycles. The van der Waals surface area contributed by atoms with Crippen molar-refractivity contribution in [2.75, 3.05) is 5.32 Å². The van der Waals surface area contributed by atoms with Crippen LogP contribution in [-0.2, 0) is 5.41 Å². The fourth-order valence-corrected chi connectivity index (χ4v) is 1.85. The van der Waals surface area contributed by atoms with E-state index in [9.17, 15) is 0 Å². The molecule has 19 heavy (non-hydrogen) atoms. The highest BCUT2D eigenvalue weighted by atomic mass is 35.5. The van der Waals surface area contributed by atoms with Crippen molar-refractivity contribution in [3.05, 3.63) is 16.5 Å². The van der Waals surface area contributed by atoms with Gasteiger partial charge in [0.25, 0.3) is 0 Å². The summed E-state index contributed by atoms with van der Waals surface area (Å²) in [6.45, 7) is 14.9. The highest BCUT2D eigenvalue weighted by Crippen LogP contribution is 2.27. The van der Waals surface area contributed by atoms with Gasteiger partial charge in [0, 0.05) is 17.0 Å². The second-order valence-electron chi connectivity index (χ2n) is 6.38. The number of hydrogen-bond acceptors (Lipinski definition) is 3. The maximum Gasteiger partial charge on any atom is 0.137 e. The van der Waals surface area contributed by atoms with Crippen LogP contribution in [0.1, 0.15) is 59.4 Å². The normalized spacial score (nSPS) is 15.2. The van der Waals surface area contributed by atoms with E-state index in [0.717, 1.165) is 23.6 Å². The lowest BCUT2D eigenvalue weighted by molar-refractivity contribution is 0.491. The van der Waals surface area contributed by atoms with E-state index >= 15 is 0 Å². The van der Waals surface area contributed by atoms with E-state index in [1.807, 2.05) is 6.92 Å². The van der Waals surface area contributed by atoms with Crippen LogP contribution in [-0.4, -0.2) is 16.0 Å². The lowest BCUT2D eigenvalue weighted by atomic mass is 9.95. The molecule has 2 unspecified atom stereocenters. The van der Waals surface area contributed by atoms with Crippen molar-refractivity contribution in [3.8, 4) is 0 Å². The quantitative estimate of drug-likeness (QED) is 0.822. The Labute approximate surface area is 122 Å². The van der Waals surface area contributed by atoms with Crippen LogP contribution in [0.2, 0.25) is 5.15 Å². The standard InChI is InChI=1S/C15H26ClN3/c1-8-9(2)11(4)17-13-10(3)12(16)18-14(19-13)15(5,6)7/h9,11H,8H2,1-7H3,(H,17,18,19). The van der Waals surface area contributed by atoms with Gasteiger partial charge in [0.15, 0.2) is 0 Å². The SMILES string of the molecule is CCC(C)C(C)Nc1nc(C(C)(C)C)nc(Cl)c1C. The summed E-state index contributed by atoms with van der Waals surface area (Å²) in [5, 5.41) is 4.02. The summed E-state index contributed by atoms with van der Waals surface area (Å²) < 4.78 is 0. The minimum absolute atomic E-state index is 0.104. The molecule has 1 aromatic rings. The topological polar surface area (TPSA) is 37.8 Å². The number of nitrogens with one attached hydrogen (secondary N) is 1. The van der Waals surface area contributed by atoms with Gasteiger partial charge in [0.05, 0.1) is 0 Å². The number of rotatable bonds is 4. The van der Waals surface area contributed by atoms with Crippen LogP contribution >= 0.6 is 11.6 Å². The van der Waals surface area contributed by atoms with E-state index in [4.69, 9.17) is 11.6 Å². The molecule has 0 aromatic carbocycles. The summed E-state index contributed by atoms with van der Waals surface area (Å²) in [6.07, 6.45) is 1.14. The fourth-order valence-electron chi connectivity index (χ4n) is 1.68. The fraction of sp³-hybridized carbons (Fsp3) is 0.733. The first-order valence-electron chi connectivity index (χ1n) is 6.98. The van der Waals surface area contributed by atoms with Crippen molar-refractivity contribution in [1.29, 1.82) is 0 Å². The molecule has 0 fully saturated rings. The Balaban J connectivity index is 3.10.